The number of halogens is 3. The van der Waals surface area contributed by atoms with Crippen molar-refractivity contribution in [3.05, 3.63) is 24.3 Å². The molecule has 0 amide bonds. The lowest BCUT2D eigenvalue weighted by molar-refractivity contribution is -0.196. The zero-order chi connectivity index (χ0) is 11.5. The van der Waals surface area contributed by atoms with Crippen molar-refractivity contribution in [1.82, 2.24) is 15.3 Å². The lowest BCUT2D eigenvalue weighted by Crippen LogP contribution is -2.52. The van der Waals surface area contributed by atoms with Crippen molar-refractivity contribution in [3.8, 4) is 0 Å². The topological polar surface area (TPSA) is 37.8 Å². The van der Waals surface area contributed by atoms with E-state index < -0.39 is 11.7 Å². The van der Waals surface area contributed by atoms with Crippen LogP contribution in [0.3, 0.4) is 0 Å². The smallest absolute Gasteiger partial charge is 0.299 e. The summed E-state index contributed by atoms with van der Waals surface area (Å²) in [5.41, 5.74) is -2.27. The molecule has 0 aromatic carbocycles. The number of hydrogen-bond donors (Lipinski definition) is 1. The highest BCUT2D eigenvalue weighted by Crippen LogP contribution is 2.37. The molecule has 0 bridgehead atoms. The third-order valence-corrected chi connectivity index (χ3v) is 2.17. The van der Waals surface area contributed by atoms with E-state index in [4.69, 9.17) is 0 Å². The maximum absolute atomic E-state index is 12.8. The molecule has 1 atom stereocenters. The molecule has 6 heteroatoms. The lowest BCUT2D eigenvalue weighted by Gasteiger charge is -2.31. The van der Waals surface area contributed by atoms with Crippen molar-refractivity contribution in [3.63, 3.8) is 0 Å². The molecule has 0 spiro atoms. The predicted octanol–water partition coefficient (Wildman–Crippen LogP) is 1.86. The third kappa shape index (κ3) is 2.26. The number of hydrogen-bond acceptors (Lipinski definition) is 3. The Labute approximate surface area is 85.7 Å². The third-order valence-electron chi connectivity index (χ3n) is 2.17. The van der Waals surface area contributed by atoms with E-state index in [2.05, 4.69) is 15.3 Å². The second-order valence-corrected chi connectivity index (χ2v) is 3.24. The van der Waals surface area contributed by atoms with Crippen LogP contribution in [0.1, 0.15) is 19.5 Å². The van der Waals surface area contributed by atoms with Gasteiger partial charge in [0.15, 0.2) is 5.54 Å². The molecule has 0 saturated carbocycles. The average molecular weight is 219 g/mol. The van der Waals surface area contributed by atoms with Gasteiger partial charge in [-0.1, -0.05) is 6.92 Å². The number of aromatic nitrogens is 2. The van der Waals surface area contributed by atoms with Gasteiger partial charge in [0.25, 0.3) is 0 Å². The summed E-state index contributed by atoms with van der Waals surface area (Å²) in [5.74, 6) is 0. The number of nitrogens with one attached hydrogen (secondary N) is 1. The highest BCUT2D eigenvalue weighted by molar-refractivity contribution is 5.13. The molecule has 0 fully saturated rings. The maximum Gasteiger partial charge on any atom is 0.412 e. The summed E-state index contributed by atoms with van der Waals surface area (Å²) in [6.07, 6.45) is -0.696. The van der Waals surface area contributed by atoms with Crippen LogP contribution in [0.4, 0.5) is 13.2 Å². The van der Waals surface area contributed by atoms with E-state index in [9.17, 15) is 13.2 Å². The van der Waals surface area contributed by atoms with E-state index >= 15 is 0 Å². The van der Waals surface area contributed by atoms with Crippen LogP contribution < -0.4 is 5.32 Å². The van der Waals surface area contributed by atoms with E-state index in [1.807, 2.05) is 0 Å². The summed E-state index contributed by atoms with van der Waals surface area (Å²) in [5, 5.41) is 2.39. The van der Waals surface area contributed by atoms with Crippen molar-refractivity contribution in [1.29, 1.82) is 0 Å². The Bertz CT molecular complexity index is 312. The summed E-state index contributed by atoms with van der Waals surface area (Å²) in [4.78, 5) is 7.33. The first-order chi connectivity index (χ1) is 6.92. The fourth-order valence-electron chi connectivity index (χ4n) is 1.25. The first-order valence-corrected chi connectivity index (χ1v) is 4.50. The Morgan fingerprint density at radius 3 is 2.40 bits per heavy atom. The van der Waals surface area contributed by atoms with Crippen LogP contribution in [0.25, 0.3) is 0 Å². The Hall–Kier alpha value is -1.17. The van der Waals surface area contributed by atoms with Gasteiger partial charge >= 0.3 is 6.18 Å². The minimum atomic E-state index is -4.40. The molecule has 1 N–H and O–H groups in total. The number of rotatable bonds is 3. The van der Waals surface area contributed by atoms with Crippen molar-refractivity contribution in [2.45, 2.75) is 25.6 Å². The van der Waals surface area contributed by atoms with Crippen LogP contribution in [0.15, 0.2) is 18.6 Å². The van der Waals surface area contributed by atoms with Gasteiger partial charge in [0, 0.05) is 12.4 Å². The summed E-state index contributed by atoms with van der Waals surface area (Å²) < 4.78 is 38.5. The molecule has 1 heterocycles. The highest BCUT2D eigenvalue weighted by atomic mass is 19.4. The molecule has 1 rings (SSSR count). The normalized spacial score (nSPS) is 16.1. The second kappa shape index (κ2) is 4.14. The number of alkyl halides is 3. The molecular formula is C9H12F3N3. The monoisotopic (exact) mass is 219 g/mol. The molecule has 84 valence electrons. The van der Waals surface area contributed by atoms with Crippen LogP contribution >= 0.6 is 0 Å². The minimum Gasteiger partial charge on any atom is -0.299 e. The number of nitrogens with zero attached hydrogens (tertiary/aromatic N) is 2. The van der Waals surface area contributed by atoms with Crippen LogP contribution in [0, 0.1) is 0 Å². The summed E-state index contributed by atoms with van der Waals surface area (Å²) in [7, 11) is 0. The van der Waals surface area contributed by atoms with Gasteiger partial charge < -0.3 is 0 Å². The lowest BCUT2D eigenvalue weighted by atomic mass is 9.97. The van der Waals surface area contributed by atoms with Crippen molar-refractivity contribution < 1.29 is 13.2 Å². The molecule has 1 aromatic rings. The maximum atomic E-state index is 12.8. The SMILES string of the molecule is CCNC(C)(c1cnccn1)C(F)(F)F. The first-order valence-electron chi connectivity index (χ1n) is 4.50. The summed E-state index contributed by atoms with van der Waals surface area (Å²) in [6.45, 7) is 2.87. The first kappa shape index (κ1) is 11.9. The van der Waals surface area contributed by atoms with E-state index in [0.717, 1.165) is 13.1 Å². The minimum absolute atomic E-state index is 0.126. The molecule has 0 saturated heterocycles. The van der Waals surface area contributed by atoms with Gasteiger partial charge in [0.1, 0.15) is 0 Å². The zero-order valence-electron chi connectivity index (χ0n) is 8.47. The highest BCUT2D eigenvalue weighted by Gasteiger charge is 2.53. The van der Waals surface area contributed by atoms with Crippen LogP contribution in [0.2, 0.25) is 0 Å². The molecule has 0 aliphatic heterocycles. The standard InChI is InChI=1S/C9H12F3N3/c1-3-15-8(2,9(10,11)12)7-6-13-4-5-14-7/h4-6,15H,3H2,1-2H3. The Morgan fingerprint density at radius 2 is 2.00 bits per heavy atom. The van der Waals surface area contributed by atoms with Crippen LogP contribution in [-0.2, 0) is 5.54 Å². The van der Waals surface area contributed by atoms with Gasteiger partial charge in [-0.2, -0.15) is 13.2 Å². The van der Waals surface area contributed by atoms with E-state index in [-0.39, 0.29) is 12.2 Å². The average Bonchev–Trinajstić information content (AvgIpc) is 2.18. The Balaban J connectivity index is 3.13. The van der Waals surface area contributed by atoms with Gasteiger partial charge in [0.05, 0.1) is 11.9 Å². The Kier molecular flexibility index (Phi) is 3.28. The largest absolute Gasteiger partial charge is 0.412 e. The molecular weight excluding hydrogens is 207 g/mol. The molecule has 3 nitrogen and oxygen atoms in total. The fraction of sp³-hybridized carbons (Fsp3) is 0.556. The predicted molar refractivity (Wildman–Crippen MR) is 49.1 cm³/mol. The zero-order valence-corrected chi connectivity index (χ0v) is 8.47. The van der Waals surface area contributed by atoms with Gasteiger partial charge in [-0.05, 0) is 13.5 Å². The molecule has 0 aliphatic rings. The summed E-state index contributed by atoms with van der Waals surface area (Å²) >= 11 is 0. The molecule has 1 aromatic heterocycles. The van der Waals surface area contributed by atoms with Crippen molar-refractivity contribution in [2.24, 2.45) is 0 Å². The fourth-order valence-corrected chi connectivity index (χ4v) is 1.25. The van der Waals surface area contributed by atoms with Crippen molar-refractivity contribution >= 4 is 0 Å². The van der Waals surface area contributed by atoms with Crippen LogP contribution in [-0.4, -0.2) is 22.7 Å². The summed E-state index contributed by atoms with van der Waals surface area (Å²) in [6, 6.07) is 0. The molecule has 0 aliphatic carbocycles. The van der Waals surface area contributed by atoms with E-state index in [1.54, 1.807) is 6.92 Å². The van der Waals surface area contributed by atoms with Gasteiger partial charge in [-0.25, -0.2) is 0 Å². The van der Waals surface area contributed by atoms with E-state index in [1.165, 1.54) is 12.4 Å². The van der Waals surface area contributed by atoms with Gasteiger partial charge in [0.2, 0.25) is 0 Å². The van der Waals surface area contributed by atoms with Crippen LogP contribution in [0.5, 0.6) is 0 Å². The van der Waals surface area contributed by atoms with E-state index in [0.29, 0.717) is 0 Å². The molecule has 15 heavy (non-hydrogen) atoms. The molecule has 1 unspecified atom stereocenters. The van der Waals surface area contributed by atoms with Gasteiger partial charge in [-0.15, -0.1) is 0 Å². The van der Waals surface area contributed by atoms with Gasteiger partial charge in [-0.3, -0.25) is 15.3 Å². The van der Waals surface area contributed by atoms with Crippen molar-refractivity contribution in [2.75, 3.05) is 6.54 Å². The Morgan fingerprint density at radius 1 is 1.33 bits per heavy atom. The quantitative estimate of drug-likeness (QED) is 0.843. The molecule has 0 radical (unpaired) electrons. The second-order valence-electron chi connectivity index (χ2n) is 3.24.